The van der Waals surface area contributed by atoms with Crippen molar-refractivity contribution < 1.29 is 0 Å². The van der Waals surface area contributed by atoms with E-state index in [2.05, 4.69) is 0 Å². The van der Waals surface area contributed by atoms with E-state index < -0.39 is 21.7 Å². The van der Waals surface area contributed by atoms with Crippen LogP contribution in [0.3, 0.4) is 0 Å². The summed E-state index contributed by atoms with van der Waals surface area (Å²) in [5.74, 6) is 0. The monoisotopic (exact) mass is 270 g/mol. The molecule has 0 aliphatic carbocycles. The molecule has 0 spiro atoms. The van der Waals surface area contributed by atoms with Crippen molar-refractivity contribution in [3.63, 3.8) is 0 Å². The van der Waals surface area contributed by atoms with E-state index in [1.807, 2.05) is 26.8 Å². The van der Waals surface area contributed by atoms with Gasteiger partial charge < -0.3 is 0 Å². The van der Waals surface area contributed by atoms with E-state index in [0.29, 0.717) is 5.56 Å². The predicted octanol–water partition coefficient (Wildman–Crippen LogP) is 0.904. The average Bonchev–Trinajstić information content (AvgIpc) is 2.43. The lowest BCUT2D eigenvalue weighted by atomic mass is 9.91. The van der Waals surface area contributed by atoms with Crippen LogP contribution in [0, 0.1) is 27.7 Å². The fraction of sp³-hybridized carbons (Fsp3) is 0.250. The summed E-state index contributed by atoms with van der Waals surface area (Å²) >= 11 is 0. The molecule has 0 unspecified atom stereocenters. The molecule has 0 N–H and O–H groups in total. The van der Waals surface area contributed by atoms with Crippen molar-refractivity contribution >= 4 is 0 Å². The van der Waals surface area contributed by atoms with Gasteiger partial charge in [0.1, 0.15) is 0 Å². The van der Waals surface area contributed by atoms with Crippen LogP contribution in [-0.4, -0.2) is 0 Å². The molecule has 0 aliphatic rings. The maximum Gasteiger partial charge on any atom is 0.277 e. The second-order valence-corrected chi connectivity index (χ2v) is 5.00. The first-order valence-electron chi connectivity index (χ1n) is 6.23. The Morgan fingerprint density at radius 3 is 1.75 bits per heavy atom. The number of aryl methyl sites for hydroxylation is 1. The molecule has 0 atom stereocenters. The molecule has 0 amide bonds. The lowest BCUT2D eigenvalue weighted by Crippen LogP contribution is -2.48. The highest BCUT2D eigenvalue weighted by molar-refractivity contribution is 5.71. The van der Waals surface area contributed by atoms with Crippen molar-refractivity contribution in [3.05, 3.63) is 75.3 Å². The van der Waals surface area contributed by atoms with Crippen LogP contribution >= 0.6 is 0 Å². The van der Waals surface area contributed by atoms with Gasteiger partial charge in [0.05, 0.1) is 0 Å². The highest BCUT2D eigenvalue weighted by atomic mass is 16.2. The Labute approximate surface area is 115 Å². The van der Waals surface area contributed by atoms with Gasteiger partial charge in [-0.25, -0.2) is 0 Å². The second-order valence-electron chi connectivity index (χ2n) is 5.00. The van der Waals surface area contributed by atoms with E-state index in [0.717, 1.165) is 16.7 Å². The Balaban J connectivity index is 3.03. The van der Waals surface area contributed by atoms with Gasteiger partial charge in [-0.05, 0) is 49.9 Å². The third-order valence-electron chi connectivity index (χ3n) is 3.89. The van der Waals surface area contributed by atoms with Crippen molar-refractivity contribution in [2.75, 3.05) is 0 Å². The molecular formula is C16H14O4. The molecule has 0 aromatic heterocycles. The molecule has 2 aromatic carbocycles. The number of rotatable bonds is 1. The normalized spacial score (nSPS) is 10.8. The zero-order valence-corrected chi connectivity index (χ0v) is 11.8. The highest BCUT2D eigenvalue weighted by Gasteiger charge is 2.19. The Kier molecular flexibility index (Phi) is 3.26. The summed E-state index contributed by atoms with van der Waals surface area (Å²) in [6.07, 6.45) is 0. The van der Waals surface area contributed by atoms with Crippen molar-refractivity contribution in [2.24, 2.45) is 0 Å². The standard InChI is InChI=1S/C16H14O4/c1-7-5-6-11(9(3)8(7)2)12-10(4)13(17)15(19)16(20)14(12)18/h5-6H,1-4H3. The van der Waals surface area contributed by atoms with Gasteiger partial charge in [0.15, 0.2) is 0 Å². The van der Waals surface area contributed by atoms with E-state index in [9.17, 15) is 19.2 Å². The van der Waals surface area contributed by atoms with Crippen LogP contribution in [0.15, 0.2) is 31.3 Å². The van der Waals surface area contributed by atoms with Crippen LogP contribution in [0.1, 0.15) is 22.3 Å². The van der Waals surface area contributed by atoms with Gasteiger partial charge in [0.25, 0.3) is 10.9 Å². The van der Waals surface area contributed by atoms with Gasteiger partial charge in [-0.2, -0.15) is 0 Å². The molecule has 0 radical (unpaired) electrons. The van der Waals surface area contributed by atoms with Crippen molar-refractivity contribution in [3.8, 4) is 11.1 Å². The van der Waals surface area contributed by atoms with Gasteiger partial charge in [-0.3, -0.25) is 19.2 Å². The lowest BCUT2D eigenvalue weighted by Gasteiger charge is -2.11. The molecule has 0 bridgehead atoms. The van der Waals surface area contributed by atoms with E-state index in [-0.39, 0.29) is 11.1 Å². The number of hydrogen-bond acceptors (Lipinski definition) is 4. The minimum atomic E-state index is -1.24. The molecule has 0 aliphatic heterocycles. The summed E-state index contributed by atoms with van der Waals surface area (Å²) in [4.78, 5) is 46.8. The summed E-state index contributed by atoms with van der Waals surface area (Å²) in [6, 6.07) is 3.54. The van der Waals surface area contributed by atoms with Gasteiger partial charge in [0, 0.05) is 11.1 Å². The zero-order chi connectivity index (χ0) is 15.2. The molecule has 2 rings (SSSR count). The predicted molar refractivity (Wildman–Crippen MR) is 78.3 cm³/mol. The quantitative estimate of drug-likeness (QED) is 0.722. The van der Waals surface area contributed by atoms with Crippen LogP contribution < -0.4 is 21.7 Å². The highest BCUT2D eigenvalue weighted by Crippen LogP contribution is 2.25. The zero-order valence-electron chi connectivity index (χ0n) is 11.8. The Morgan fingerprint density at radius 1 is 0.600 bits per heavy atom. The molecule has 4 nitrogen and oxygen atoms in total. The first kappa shape index (κ1) is 14.1. The number of hydrogen-bond donors (Lipinski definition) is 0. The summed E-state index contributed by atoms with van der Waals surface area (Å²) in [7, 11) is 0. The maximum atomic E-state index is 12.1. The topological polar surface area (TPSA) is 68.3 Å². The fourth-order valence-electron chi connectivity index (χ4n) is 2.33. The molecule has 0 saturated heterocycles. The van der Waals surface area contributed by atoms with Crippen LogP contribution in [-0.2, 0) is 0 Å². The average molecular weight is 270 g/mol. The molecule has 0 saturated carbocycles. The van der Waals surface area contributed by atoms with Crippen molar-refractivity contribution in [1.82, 2.24) is 0 Å². The molecule has 4 heteroatoms. The van der Waals surface area contributed by atoms with Crippen molar-refractivity contribution in [2.45, 2.75) is 27.7 Å². The Hall–Kier alpha value is -2.36. The van der Waals surface area contributed by atoms with E-state index in [1.54, 1.807) is 6.07 Å². The van der Waals surface area contributed by atoms with Gasteiger partial charge in [-0.15, -0.1) is 0 Å². The summed E-state index contributed by atoms with van der Waals surface area (Å²) in [5, 5.41) is 0. The second kappa shape index (κ2) is 4.63. The van der Waals surface area contributed by atoms with Crippen LogP contribution in [0.2, 0.25) is 0 Å². The maximum absolute atomic E-state index is 12.1. The molecule has 2 aromatic rings. The summed E-state index contributed by atoms with van der Waals surface area (Å²) < 4.78 is 0. The van der Waals surface area contributed by atoms with Crippen LogP contribution in [0.4, 0.5) is 0 Å². The minimum Gasteiger partial charge on any atom is -0.285 e. The van der Waals surface area contributed by atoms with E-state index >= 15 is 0 Å². The third kappa shape index (κ3) is 1.84. The van der Waals surface area contributed by atoms with Gasteiger partial charge >= 0.3 is 0 Å². The number of benzene rings is 2. The molecule has 102 valence electrons. The summed E-state index contributed by atoms with van der Waals surface area (Å²) in [5.41, 5.74) is -0.723. The molecule has 0 fully saturated rings. The van der Waals surface area contributed by atoms with Crippen LogP contribution in [0.5, 0.6) is 0 Å². The van der Waals surface area contributed by atoms with E-state index in [4.69, 9.17) is 0 Å². The fourth-order valence-corrected chi connectivity index (χ4v) is 2.33. The van der Waals surface area contributed by atoms with Crippen LogP contribution in [0.25, 0.3) is 11.1 Å². The first-order chi connectivity index (χ1) is 9.27. The van der Waals surface area contributed by atoms with Crippen molar-refractivity contribution in [1.29, 1.82) is 0 Å². The molecular weight excluding hydrogens is 256 g/mol. The van der Waals surface area contributed by atoms with E-state index in [1.165, 1.54) is 6.92 Å². The largest absolute Gasteiger partial charge is 0.285 e. The first-order valence-corrected chi connectivity index (χ1v) is 6.23. The Morgan fingerprint density at radius 2 is 1.15 bits per heavy atom. The SMILES string of the molecule is Cc1ccc(-c2c(C)c(=O)c(=O)c(=O)c2=O)c(C)c1C. The van der Waals surface area contributed by atoms with Gasteiger partial charge in [-0.1, -0.05) is 12.1 Å². The van der Waals surface area contributed by atoms with Gasteiger partial charge in [0.2, 0.25) is 10.9 Å². The lowest BCUT2D eigenvalue weighted by molar-refractivity contribution is 1.23. The third-order valence-corrected chi connectivity index (χ3v) is 3.89. The molecule has 0 heterocycles. The smallest absolute Gasteiger partial charge is 0.277 e. The minimum absolute atomic E-state index is 0.0472. The summed E-state index contributed by atoms with van der Waals surface area (Å²) in [6.45, 7) is 7.09. The molecule has 20 heavy (non-hydrogen) atoms. The Bertz CT molecular complexity index is 913.